The molecular formula is C61H36N4O. The van der Waals surface area contributed by atoms with Crippen molar-refractivity contribution in [2.75, 3.05) is 0 Å². The second kappa shape index (κ2) is 14.3. The average Bonchev–Trinajstić information content (AvgIpc) is 3.92. The van der Waals surface area contributed by atoms with Crippen molar-refractivity contribution in [3.8, 4) is 51.0 Å². The molecule has 0 amide bonds. The Morgan fingerprint density at radius 2 is 0.848 bits per heavy atom. The molecular weight excluding hydrogens is 805 g/mol. The summed E-state index contributed by atoms with van der Waals surface area (Å²) < 4.78 is 8.82. The topological polar surface area (TPSA) is 56.7 Å². The molecule has 0 saturated heterocycles. The third kappa shape index (κ3) is 5.77. The van der Waals surface area contributed by atoms with E-state index in [2.05, 4.69) is 211 Å². The Labute approximate surface area is 378 Å². The van der Waals surface area contributed by atoms with Crippen LogP contribution in [0.5, 0.6) is 0 Å². The van der Waals surface area contributed by atoms with Crippen LogP contribution in [-0.2, 0) is 0 Å². The molecule has 0 atom stereocenters. The van der Waals surface area contributed by atoms with Gasteiger partial charge < -0.3 is 8.98 Å². The fourth-order valence-corrected chi connectivity index (χ4v) is 10.1. The normalized spacial score (nSPS) is 11.9. The predicted molar refractivity (Wildman–Crippen MR) is 273 cm³/mol. The summed E-state index contributed by atoms with van der Waals surface area (Å²) in [5.74, 6) is 1.82. The summed E-state index contributed by atoms with van der Waals surface area (Å²) in [5, 5.41) is 13.9. The van der Waals surface area contributed by atoms with Crippen LogP contribution >= 0.6 is 0 Å². The van der Waals surface area contributed by atoms with E-state index in [0.717, 1.165) is 82.5 Å². The van der Waals surface area contributed by atoms with Gasteiger partial charge in [-0.3, -0.25) is 0 Å². The largest absolute Gasteiger partial charge is 0.456 e. The van der Waals surface area contributed by atoms with Gasteiger partial charge in [-0.25, -0.2) is 15.0 Å². The lowest BCUT2D eigenvalue weighted by molar-refractivity contribution is 0.669. The third-order valence-corrected chi connectivity index (χ3v) is 13.4. The average molecular weight is 841 g/mol. The summed E-state index contributed by atoms with van der Waals surface area (Å²) in [6, 6.07) is 77.8. The first kappa shape index (κ1) is 36.5. The van der Waals surface area contributed by atoms with Gasteiger partial charge in [-0.1, -0.05) is 158 Å². The summed E-state index contributed by atoms with van der Waals surface area (Å²) in [4.78, 5) is 16.0. The molecule has 5 heteroatoms. The van der Waals surface area contributed by atoms with E-state index in [9.17, 15) is 0 Å². The van der Waals surface area contributed by atoms with Crippen molar-refractivity contribution in [1.82, 2.24) is 19.5 Å². The van der Waals surface area contributed by atoms with Crippen molar-refractivity contribution in [3.63, 3.8) is 0 Å². The van der Waals surface area contributed by atoms with E-state index in [1.54, 1.807) is 0 Å². The van der Waals surface area contributed by atoms with Crippen molar-refractivity contribution < 1.29 is 4.42 Å². The van der Waals surface area contributed by atoms with Crippen molar-refractivity contribution in [3.05, 3.63) is 218 Å². The van der Waals surface area contributed by atoms with Crippen molar-refractivity contribution in [2.45, 2.75) is 0 Å². The molecule has 0 fully saturated rings. The van der Waals surface area contributed by atoms with Gasteiger partial charge in [0.1, 0.15) is 11.2 Å². The number of hydrogen-bond acceptors (Lipinski definition) is 4. The lowest BCUT2D eigenvalue weighted by Gasteiger charge is -2.16. The molecule has 11 aromatic carbocycles. The van der Waals surface area contributed by atoms with E-state index in [4.69, 9.17) is 19.4 Å². The smallest absolute Gasteiger partial charge is 0.164 e. The zero-order valence-electron chi connectivity index (χ0n) is 35.5. The highest BCUT2D eigenvalue weighted by molar-refractivity contribution is 6.21. The first-order chi connectivity index (χ1) is 32.7. The Bertz CT molecular complexity index is 4210. The molecule has 0 N–H and O–H groups in total. The Morgan fingerprint density at radius 3 is 1.56 bits per heavy atom. The Hall–Kier alpha value is -8.93. The molecule has 0 unspecified atom stereocenters. The summed E-state index contributed by atoms with van der Waals surface area (Å²) >= 11 is 0. The fraction of sp³-hybridized carbons (Fsp3) is 0. The highest BCUT2D eigenvalue weighted by atomic mass is 16.3. The number of benzene rings is 11. The monoisotopic (exact) mass is 840 g/mol. The van der Waals surface area contributed by atoms with Crippen LogP contribution in [0.4, 0.5) is 0 Å². The van der Waals surface area contributed by atoms with Crippen LogP contribution in [0.25, 0.3) is 138 Å². The minimum Gasteiger partial charge on any atom is -0.456 e. The van der Waals surface area contributed by atoms with Crippen LogP contribution in [0.1, 0.15) is 0 Å². The van der Waals surface area contributed by atoms with E-state index in [1.807, 2.05) is 12.1 Å². The first-order valence-corrected chi connectivity index (χ1v) is 22.3. The van der Waals surface area contributed by atoms with Crippen LogP contribution in [-0.4, -0.2) is 19.5 Å². The van der Waals surface area contributed by atoms with Crippen molar-refractivity contribution in [1.29, 1.82) is 0 Å². The molecule has 0 aliphatic heterocycles. The fourth-order valence-electron chi connectivity index (χ4n) is 10.1. The summed E-state index contributed by atoms with van der Waals surface area (Å²) in [6.07, 6.45) is 0. The predicted octanol–water partition coefficient (Wildman–Crippen LogP) is 16.1. The standard InChI is InChI=1S/C61H36N4O/c1-3-14-40-31-45(23-21-37(40)11-1)59-62-60(46-24-22-38-12-2-4-15-41(38)32-46)64-61(63-59)51-29-27-47(36-52(51)44-26-30-57-54(34-44)49-19-9-10-20-56(49)66-57)65-55-35-43-17-6-5-16-42(43)33-53(55)50-28-25-39-13-7-8-18-48(39)58(50)65/h1-36H. The molecule has 66 heavy (non-hydrogen) atoms. The summed E-state index contributed by atoms with van der Waals surface area (Å²) in [5.41, 5.74) is 9.83. The van der Waals surface area contributed by atoms with Crippen molar-refractivity contribution in [2.24, 2.45) is 0 Å². The molecule has 14 aromatic rings. The van der Waals surface area contributed by atoms with E-state index >= 15 is 0 Å². The number of para-hydroxylation sites is 1. The van der Waals surface area contributed by atoms with Crippen LogP contribution in [0.3, 0.4) is 0 Å². The minimum atomic E-state index is 0.591. The summed E-state index contributed by atoms with van der Waals surface area (Å²) in [6.45, 7) is 0. The zero-order chi connectivity index (χ0) is 43.3. The zero-order valence-corrected chi connectivity index (χ0v) is 35.5. The Balaban J connectivity index is 1.07. The van der Waals surface area contributed by atoms with Gasteiger partial charge in [0.25, 0.3) is 0 Å². The molecule has 14 rings (SSSR count). The summed E-state index contributed by atoms with van der Waals surface area (Å²) in [7, 11) is 0. The number of rotatable bonds is 5. The molecule has 0 bridgehead atoms. The molecule has 0 radical (unpaired) electrons. The Morgan fingerprint density at radius 1 is 0.303 bits per heavy atom. The van der Waals surface area contributed by atoms with Gasteiger partial charge in [-0.2, -0.15) is 0 Å². The maximum Gasteiger partial charge on any atom is 0.164 e. The van der Waals surface area contributed by atoms with Crippen molar-refractivity contribution >= 4 is 86.8 Å². The van der Waals surface area contributed by atoms with E-state index in [0.29, 0.717) is 17.5 Å². The number of furan rings is 1. The van der Waals surface area contributed by atoms with Crippen LogP contribution in [0.15, 0.2) is 223 Å². The molecule has 3 heterocycles. The van der Waals surface area contributed by atoms with Gasteiger partial charge in [-0.05, 0) is 109 Å². The molecule has 0 aliphatic carbocycles. The molecule has 0 saturated carbocycles. The molecule has 0 aliphatic rings. The number of nitrogens with zero attached hydrogens (tertiary/aromatic N) is 4. The number of hydrogen-bond donors (Lipinski definition) is 0. The SMILES string of the molecule is c1ccc2cc(-c3nc(-c4ccc5ccccc5c4)nc(-c4ccc(-n5c6cc7ccccc7cc6c6ccc7ccccc7c65)cc4-c4ccc5oc6ccccc6c5c4)n3)ccc2c1. The molecule has 306 valence electrons. The lowest BCUT2D eigenvalue weighted by Crippen LogP contribution is -2.02. The van der Waals surface area contributed by atoms with Crippen LogP contribution < -0.4 is 0 Å². The first-order valence-electron chi connectivity index (χ1n) is 22.3. The molecule has 5 nitrogen and oxygen atoms in total. The van der Waals surface area contributed by atoms with Gasteiger partial charge in [0.05, 0.1) is 11.0 Å². The van der Waals surface area contributed by atoms with Gasteiger partial charge >= 0.3 is 0 Å². The van der Waals surface area contributed by atoms with Gasteiger partial charge in [0.2, 0.25) is 0 Å². The van der Waals surface area contributed by atoms with Crippen LogP contribution in [0.2, 0.25) is 0 Å². The van der Waals surface area contributed by atoms with Gasteiger partial charge in [-0.15, -0.1) is 0 Å². The highest BCUT2D eigenvalue weighted by Crippen LogP contribution is 2.42. The lowest BCUT2D eigenvalue weighted by atomic mass is 9.96. The number of fused-ring (bicyclic) bond motifs is 11. The maximum atomic E-state index is 6.37. The molecule has 0 spiro atoms. The van der Waals surface area contributed by atoms with Crippen LogP contribution in [0, 0.1) is 0 Å². The number of aromatic nitrogens is 4. The maximum absolute atomic E-state index is 6.37. The third-order valence-electron chi connectivity index (χ3n) is 13.4. The van der Waals surface area contributed by atoms with E-state index in [-0.39, 0.29) is 0 Å². The quantitative estimate of drug-likeness (QED) is 0.173. The van der Waals surface area contributed by atoms with Gasteiger partial charge in [0.15, 0.2) is 17.5 Å². The van der Waals surface area contributed by atoms with E-state index < -0.39 is 0 Å². The van der Waals surface area contributed by atoms with E-state index in [1.165, 1.54) is 37.8 Å². The van der Waals surface area contributed by atoms with Gasteiger partial charge in [0, 0.05) is 49.3 Å². The molecule has 3 aromatic heterocycles. The highest BCUT2D eigenvalue weighted by Gasteiger charge is 2.21. The second-order valence-corrected chi connectivity index (χ2v) is 17.2. The minimum absolute atomic E-state index is 0.591. The Kier molecular flexibility index (Phi) is 7.91. The second-order valence-electron chi connectivity index (χ2n) is 17.2.